The van der Waals surface area contributed by atoms with Crippen molar-refractivity contribution in [1.82, 2.24) is 9.62 Å². The molecular formula is C20H24N2O4S. The molecular weight excluding hydrogens is 364 g/mol. The van der Waals surface area contributed by atoms with Crippen LogP contribution >= 0.6 is 0 Å². The first-order valence-corrected chi connectivity index (χ1v) is 10.5. The average molecular weight is 388 g/mol. The third-order valence-corrected chi connectivity index (χ3v) is 6.26. The van der Waals surface area contributed by atoms with Crippen molar-refractivity contribution >= 4 is 16.0 Å². The highest BCUT2D eigenvalue weighted by molar-refractivity contribution is 7.89. The van der Waals surface area contributed by atoms with Crippen LogP contribution in [0.3, 0.4) is 0 Å². The van der Waals surface area contributed by atoms with Crippen molar-refractivity contribution in [2.45, 2.75) is 23.8 Å². The minimum absolute atomic E-state index is 0.00202. The number of esters is 1. The molecule has 2 aromatic carbocycles. The van der Waals surface area contributed by atoms with E-state index in [2.05, 4.69) is 14.4 Å². The lowest BCUT2D eigenvalue weighted by atomic mass is 10.1. The SMILES string of the molecule is COC(=O)c1ccc(S(=O)(=O)NC[C@@H](c2ccccc2)N2CCCC2)cc1. The van der Waals surface area contributed by atoms with Crippen molar-refractivity contribution in [3.8, 4) is 0 Å². The standard InChI is InChI=1S/C20H24N2O4S/c1-26-20(23)17-9-11-18(12-10-17)27(24,25)21-15-19(22-13-5-6-14-22)16-7-3-2-4-8-16/h2-4,7-12,19,21H,5-6,13-15H2,1H3/t19-/m0/s1. The predicted molar refractivity (Wildman–Crippen MR) is 103 cm³/mol. The second-order valence-corrected chi connectivity index (χ2v) is 8.30. The Labute approximate surface area is 160 Å². The van der Waals surface area contributed by atoms with E-state index in [9.17, 15) is 13.2 Å². The van der Waals surface area contributed by atoms with Gasteiger partial charge in [-0.2, -0.15) is 0 Å². The Morgan fingerprint density at radius 1 is 1.07 bits per heavy atom. The smallest absolute Gasteiger partial charge is 0.337 e. The Morgan fingerprint density at radius 2 is 1.70 bits per heavy atom. The number of carbonyl (C=O) groups excluding carboxylic acids is 1. The molecule has 1 aliphatic heterocycles. The van der Waals surface area contributed by atoms with Crippen molar-refractivity contribution in [3.05, 3.63) is 65.7 Å². The van der Waals surface area contributed by atoms with Gasteiger partial charge in [0.2, 0.25) is 10.0 Å². The van der Waals surface area contributed by atoms with E-state index in [1.807, 2.05) is 30.3 Å². The van der Waals surface area contributed by atoms with Gasteiger partial charge in [0.15, 0.2) is 0 Å². The van der Waals surface area contributed by atoms with Crippen molar-refractivity contribution in [2.75, 3.05) is 26.7 Å². The molecule has 27 heavy (non-hydrogen) atoms. The quantitative estimate of drug-likeness (QED) is 0.738. The Kier molecular flexibility index (Phi) is 6.26. The number of rotatable bonds is 7. The number of ether oxygens (including phenoxy) is 1. The van der Waals surface area contributed by atoms with Crippen molar-refractivity contribution < 1.29 is 17.9 Å². The Balaban J connectivity index is 1.74. The van der Waals surface area contributed by atoms with Crippen molar-refractivity contribution in [1.29, 1.82) is 0 Å². The molecule has 0 saturated carbocycles. The molecule has 2 aromatic rings. The molecule has 144 valence electrons. The molecule has 0 amide bonds. The summed E-state index contributed by atoms with van der Waals surface area (Å²) >= 11 is 0. The number of nitrogens with zero attached hydrogens (tertiary/aromatic N) is 1. The van der Waals surface area contributed by atoms with E-state index in [0.29, 0.717) is 12.1 Å². The van der Waals surface area contributed by atoms with Gasteiger partial charge in [0, 0.05) is 12.6 Å². The summed E-state index contributed by atoms with van der Waals surface area (Å²) in [6.45, 7) is 2.23. The third kappa shape index (κ3) is 4.74. The second-order valence-electron chi connectivity index (χ2n) is 6.54. The van der Waals surface area contributed by atoms with Crippen molar-refractivity contribution in [2.24, 2.45) is 0 Å². The molecule has 0 spiro atoms. The Bertz CT molecular complexity index is 861. The van der Waals surface area contributed by atoms with E-state index in [0.717, 1.165) is 31.5 Å². The molecule has 1 atom stereocenters. The van der Waals surface area contributed by atoms with Gasteiger partial charge in [-0.15, -0.1) is 0 Å². The monoisotopic (exact) mass is 388 g/mol. The van der Waals surface area contributed by atoms with E-state index in [1.165, 1.54) is 31.4 Å². The van der Waals surface area contributed by atoms with Crippen LogP contribution in [0.4, 0.5) is 0 Å². The third-order valence-electron chi connectivity index (χ3n) is 4.82. The first-order chi connectivity index (χ1) is 13.0. The summed E-state index contributed by atoms with van der Waals surface area (Å²) in [4.78, 5) is 13.9. The number of nitrogens with one attached hydrogen (secondary N) is 1. The Morgan fingerprint density at radius 3 is 2.30 bits per heavy atom. The largest absolute Gasteiger partial charge is 0.465 e. The van der Waals surface area contributed by atoms with Gasteiger partial charge in [0.25, 0.3) is 0 Å². The summed E-state index contributed by atoms with van der Waals surface area (Å²) in [6.07, 6.45) is 2.26. The lowest BCUT2D eigenvalue weighted by Crippen LogP contribution is -2.36. The molecule has 1 fully saturated rings. The zero-order valence-electron chi connectivity index (χ0n) is 15.3. The van der Waals surface area contributed by atoms with Gasteiger partial charge in [-0.25, -0.2) is 17.9 Å². The first-order valence-electron chi connectivity index (χ1n) is 8.98. The minimum Gasteiger partial charge on any atom is -0.465 e. The number of carbonyl (C=O) groups is 1. The summed E-state index contributed by atoms with van der Waals surface area (Å²) in [7, 11) is -2.38. The zero-order chi connectivity index (χ0) is 19.3. The molecule has 0 radical (unpaired) electrons. The van der Waals surface area contributed by atoms with Crippen LogP contribution in [0, 0.1) is 0 Å². The number of methoxy groups -OCH3 is 1. The molecule has 1 saturated heterocycles. The van der Waals surface area contributed by atoms with Crippen LogP contribution in [-0.2, 0) is 14.8 Å². The fourth-order valence-electron chi connectivity index (χ4n) is 3.35. The molecule has 3 rings (SSSR count). The van der Waals surface area contributed by atoms with Crippen molar-refractivity contribution in [3.63, 3.8) is 0 Å². The molecule has 6 nitrogen and oxygen atoms in total. The van der Waals surface area contributed by atoms with Crippen LogP contribution in [0.2, 0.25) is 0 Å². The van der Waals surface area contributed by atoms with E-state index in [1.54, 1.807) is 0 Å². The number of sulfonamides is 1. The van der Waals surface area contributed by atoms with Gasteiger partial charge >= 0.3 is 5.97 Å². The molecule has 0 aliphatic carbocycles. The number of likely N-dealkylation sites (tertiary alicyclic amines) is 1. The van der Waals surface area contributed by atoms with Crippen LogP contribution in [0.1, 0.15) is 34.8 Å². The van der Waals surface area contributed by atoms with Gasteiger partial charge in [0.05, 0.1) is 17.6 Å². The number of benzene rings is 2. The van der Waals surface area contributed by atoms with Crippen LogP contribution < -0.4 is 4.72 Å². The van der Waals surface area contributed by atoms with Gasteiger partial charge in [-0.3, -0.25) is 4.90 Å². The lowest BCUT2D eigenvalue weighted by molar-refractivity contribution is 0.0600. The molecule has 0 unspecified atom stereocenters. The molecule has 0 bridgehead atoms. The topological polar surface area (TPSA) is 75.7 Å². The van der Waals surface area contributed by atoms with Gasteiger partial charge in [-0.05, 0) is 55.8 Å². The molecule has 1 heterocycles. The highest BCUT2D eigenvalue weighted by atomic mass is 32.2. The average Bonchev–Trinajstić information content (AvgIpc) is 3.23. The summed E-state index contributed by atoms with van der Waals surface area (Å²) in [6, 6.07) is 15.7. The number of hydrogen-bond donors (Lipinski definition) is 1. The predicted octanol–water partition coefficient (Wildman–Crippen LogP) is 2.59. The summed E-state index contributed by atoms with van der Waals surface area (Å²) in [5.41, 5.74) is 1.42. The maximum absolute atomic E-state index is 12.7. The molecule has 1 aliphatic rings. The highest BCUT2D eigenvalue weighted by Gasteiger charge is 2.25. The highest BCUT2D eigenvalue weighted by Crippen LogP contribution is 2.25. The number of hydrogen-bond acceptors (Lipinski definition) is 5. The van der Waals surface area contributed by atoms with Gasteiger partial charge in [-0.1, -0.05) is 30.3 Å². The molecule has 7 heteroatoms. The van der Waals surface area contributed by atoms with Crippen LogP contribution in [-0.4, -0.2) is 46.0 Å². The van der Waals surface area contributed by atoms with Gasteiger partial charge in [0.1, 0.15) is 0 Å². The zero-order valence-corrected chi connectivity index (χ0v) is 16.1. The Hall–Kier alpha value is -2.22. The summed E-state index contributed by atoms with van der Waals surface area (Å²) < 4.78 is 32.7. The van der Waals surface area contributed by atoms with E-state index < -0.39 is 16.0 Å². The maximum atomic E-state index is 12.7. The van der Waals surface area contributed by atoms with Crippen LogP contribution in [0.25, 0.3) is 0 Å². The second kappa shape index (κ2) is 8.65. The minimum atomic E-state index is -3.67. The normalized spacial score (nSPS) is 16.2. The van der Waals surface area contributed by atoms with E-state index in [-0.39, 0.29) is 10.9 Å². The molecule has 1 N–H and O–H groups in total. The lowest BCUT2D eigenvalue weighted by Gasteiger charge is -2.28. The van der Waals surface area contributed by atoms with E-state index >= 15 is 0 Å². The fourth-order valence-corrected chi connectivity index (χ4v) is 4.38. The van der Waals surface area contributed by atoms with Gasteiger partial charge < -0.3 is 4.74 Å². The maximum Gasteiger partial charge on any atom is 0.337 e. The fraction of sp³-hybridized carbons (Fsp3) is 0.350. The summed E-state index contributed by atoms with van der Waals surface area (Å²) in [5.74, 6) is -0.495. The van der Waals surface area contributed by atoms with Crippen LogP contribution in [0.15, 0.2) is 59.5 Å². The first kappa shape index (κ1) is 19.5. The molecule has 0 aromatic heterocycles. The summed E-state index contributed by atoms with van der Waals surface area (Å²) in [5, 5.41) is 0. The van der Waals surface area contributed by atoms with E-state index in [4.69, 9.17) is 0 Å². The van der Waals surface area contributed by atoms with Crippen LogP contribution in [0.5, 0.6) is 0 Å².